The van der Waals surface area contributed by atoms with Crippen LogP contribution in [0.3, 0.4) is 0 Å². The number of allylic oxidation sites excluding steroid dienone is 1. The number of fused-ring (bicyclic) bond motifs is 6. The van der Waals surface area contributed by atoms with Gasteiger partial charge in [0, 0.05) is 12.6 Å². The number of nitrogens with one attached hydrogen (secondary N) is 1. The standard InChI is InChI=1S/C28H38N4O4/c1-16(15-29-23-8-9-24(32(34)35)26-25(23)30-36-31-26)20-6-7-21-19-5-4-17-14-18(33)10-12-27(17,2)22(19)11-13-28(20,21)3/h4,8-9,16,18-22,29,33H,5-7,10-15H2,1-3H3/t16-,18+,19+,20-,21+,22-,27+,28-/m1/s1. The van der Waals surface area contributed by atoms with Crippen molar-refractivity contribution in [2.24, 2.45) is 40.4 Å². The molecule has 4 aliphatic carbocycles. The fourth-order valence-electron chi connectivity index (χ4n) is 9.17. The van der Waals surface area contributed by atoms with Gasteiger partial charge in [0.1, 0.15) is 0 Å². The van der Waals surface area contributed by atoms with Gasteiger partial charge in [0.25, 0.3) is 0 Å². The normalized spacial score (nSPS) is 38.6. The molecule has 0 unspecified atom stereocenters. The van der Waals surface area contributed by atoms with E-state index >= 15 is 0 Å². The summed E-state index contributed by atoms with van der Waals surface area (Å²) in [5, 5.41) is 32.8. The Kier molecular flexibility index (Phi) is 5.67. The number of aromatic nitrogens is 2. The maximum absolute atomic E-state index is 11.3. The monoisotopic (exact) mass is 494 g/mol. The number of anilines is 1. The van der Waals surface area contributed by atoms with Gasteiger partial charge in [-0.15, -0.1) is 0 Å². The van der Waals surface area contributed by atoms with E-state index in [1.54, 1.807) is 6.07 Å². The highest BCUT2D eigenvalue weighted by molar-refractivity contribution is 5.93. The van der Waals surface area contributed by atoms with E-state index in [2.05, 4.69) is 42.5 Å². The largest absolute Gasteiger partial charge is 0.393 e. The van der Waals surface area contributed by atoms with Crippen LogP contribution in [-0.4, -0.2) is 33.0 Å². The van der Waals surface area contributed by atoms with Crippen LogP contribution < -0.4 is 5.32 Å². The summed E-state index contributed by atoms with van der Waals surface area (Å²) in [7, 11) is 0. The molecule has 4 aliphatic rings. The Hall–Kier alpha value is -2.48. The molecule has 1 aromatic heterocycles. The van der Waals surface area contributed by atoms with Gasteiger partial charge in [-0.2, -0.15) is 0 Å². The fraction of sp³-hybridized carbons (Fsp3) is 0.714. The van der Waals surface area contributed by atoms with Crippen LogP contribution in [0.15, 0.2) is 28.4 Å². The summed E-state index contributed by atoms with van der Waals surface area (Å²) < 4.78 is 4.83. The molecule has 0 aliphatic heterocycles. The third-order valence-electron chi connectivity index (χ3n) is 11.0. The first-order valence-electron chi connectivity index (χ1n) is 13.7. The second-order valence-corrected chi connectivity index (χ2v) is 12.6. The number of rotatable bonds is 5. The Morgan fingerprint density at radius 3 is 2.78 bits per heavy atom. The molecular formula is C28H38N4O4. The summed E-state index contributed by atoms with van der Waals surface area (Å²) >= 11 is 0. The molecule has 1 heterocycles. The van der Waals surface area contributed by atoms with Gasteiger partial charge < -0.3 is 10.4 Å². The lowest BCUT2D eigenvalue weighted by molar-refractivity contribution is -0.383. The molecule has 0 amide bonds. The second kappa shape index (κ2) is 8.54. The van der Waals surface area contributed by atoms with Crippen molar-refractivity contribution in [2.75, 3.05) is 11.9 Å². The molecule has 194 valence electrons. The summed E-state index contributed by atoms with van der Waals surface area (Å²) in [6.07, 6.45) is 11.7. The Morgan fingerprint density at radius 1 is 1.17 bits per heavy atom. The SMILES string of the molecule is C[C@H](CNc1ccc([N+](=O)[O-])c2nonc12)[C@H]1CC[C@H]2[C@@H]3CC=C4C[C@@H](O)CC[C@]4(C)[C@@H]3CC[C@]12C. The highest BCUT2D eigenvalue weighted by atomic mass is 16.6. The van der Waals surface area contributed by atoms with Crippen LogP contribution in [0.5, 0.6) is 0 Å². The summed E-state index contributed by atoms with van der Waals surface area (Å²) in [5.74, 6) is 3.38. The molecule has 0 spiro atoms. The Balaban J connectivity index is 1.18. The second-order valence-electron chi connectivity index (χ2n) is 12.6. The average molecular weight is 495 g/mol. The minimum atomic E-state index is -0.450. The van der Waals surface area contributed by atoms with Crippen LogP contribution in [0.1, 0.15) is 72.1 Å². The molecule has 0 radical (unpaired) electrons. The Labute approximate surface area is 212 Å². The molecule has 0 saturated heterocycles. The molecule has 8 nitrogen and oxygen atoms in total. The molecule has 1 aromatic carbocycles. The van der Waals surface area contributed by atoms with Crippen molar-refractivity contribution >= 4 is 22.4 Å². The van der Waals surface area contributed by atoms with Gasteiger partial charge in [0.15, 0.2) is 5.52 Å². The number of nitro groups is 1. The van der Waals surface area contributed by atoms with Crippen molar-refractivity contribution < 1.29 is 14.7 Å². The number of non-ortho nitro benzene ring substituents is 1. The first-order valence-corrected chi connectivity index (χ1v) is 13.7. The predicted octanol–water partition coefficient (Wildman–Crippen LogP) is 6.12. The molecule has 6 rings (SSSR count). The van der Waals surface area contributed by atoms with E-state index < -0.39 is 4.92 Å². The third-order valence-corrected chi connectivity index (χ3v) is 11.0. The molecule has 8 heteroatoms. The lowest BCUT2D eigenvalue weighted by atomic mass is 9.47. The maximum atomic E-state index is 11.3. The molecule has 2 aromatic rings. The Bertz CT molecular complexity index is 1210. The van der Waals surface area contributed by atoms with E-state index in [-0.39, 0.29) is 22.7 Å². The van der Waals surface area contributed by atoms with Crippen LogP contribution in [-0.2, 0) is 0 Å². The number of benzene rings is 1. The minimum absolute atomic E-state index is 0.0846. The quantitative estimate of drug-likeness (QED) is 0.292. The summed E-state index contributed by atoms with van der Waals surface area (Å²) in [5.41, 5.74) is 3.43. The molecule has 0 bridgehead atoms. The van der Waals surface area contributed by atoms with E-state index in [0.29, 0.717) is 22.8 Å². The van der Waals surface area contributed by atoms with Crippen LogP contribution in [0.4, 0.5) is 11.4 Å². The van der Waals surface area contributed by atoms with Crippen molar-refractivity contribution in [3.8, 4) is 0 Å². The molecule has 36 heavy (non-hydrogen) atoms. The molecule has 3 saturated carbocycles. The van der Waals surface area contributed by atoms with E-state index in [4.69, 9.17) is 4.63 Å². The first kappa shape index (κ1) is 23.9. The van der Waals surface area contributed by atoms with Gasteiger partial charge in [-0.1, -0.05) is 32.4 Å². The Morgan fingerprint density at radius 2 is 1.97 bits per heavy atom. The first-order chi connectivity index (χ1) is 17.2. The lowest BCUT2D eigenvalue weighted by Crippen LogP contribution is -2.51. The fourth-order valence-corrected chi connectivity index (χ4v) is 9.17. The number of hydrogen-bond donors (Lipinski definition) is 2. The number of nitrogens with zero attached hydrogens (tertiary/aromatic N) is 3. The number of nitro benzene ring substituents is 1. The van der Waals surface area contributed by atoms with Crippen molar-refractivity contribution in [1.29, 1.82) is 0 Å². The van der Waals surface area contributed by atoms with Crippen LogP contribution in [0.2, 0.25) is 0 Å². The third kappa shape index (κ3) is 3.51. The van der Waals surface area contributed by atoms with E-state index in [1.807, 2.05) is 0 Å². The summed E-state index contributed by atoms with van der Waals surface area (Å²) in [6, 6.07) is 3.19. The highest BCUT2D eigenvalue weighted by Gasteiger charge is 2.59. The minimum Gasteiger partial charge on any atom is -0.393 e. The number of hydrogen-bond acceptors (Lipinski definition) is 7. The number of aliphatic hydroxyl groups is 1. The van der Waals surface area contributed by atoms with Crippen molar-refractivity contribution in [3.05, 3.63) is 33.9 Å². The van der Waals surface area contributed by atoms with Crippen LogP contribution >= 0.6 is 0 Å². The van der Waals surface area contributed by atoms with Gasteiger partial charge in [-0.05, 0) is 108 Å². The van der Waals surface area contributed by atoms with Crippen LogP contribution in [0, 0.1) is 50.5 Å². The topological polar surface area (TPSA) is 114 Å². The summed E-state index contributed by atoms with van der Waals surface area (Å²) in [4.78, 5) is 10.9. The van der Waals surface area contributed by atoms with Gasteiger partial charge in [-0.3, -0.25) is 10.1 Å². The smallest absolute Gasteiger partial charge is 0.300 e. The van der Waals surface area contributed by atoms with Gasteiger partial charge in [-0.25, -0.2) is 4.63 Å². The number of aliphatic hydroxyl groups excluding tert-OH is 1. The zero-order chi connectivity index (χ0) is 25.2. The van der Waals surface area contributed by atoms with Gasteiger partial charge >= 0.3 is 5.69 Å². The van der Waals surface area contributed by atoms with Crippen LogP contribution in [0.25, 0.3) is 11.0 Å². The predicted molar refractivity (Wildman–Crippen MR) is 137 cm³/mol. The van der Waals surface area contributed by atoms with Crippen molar-refractivity contribution in [2.45, 2.75) is 78.2 Å². The zero-order valence-corrected chi connectivity index (χ0v) is 21.6. The van der Waals surface area contributed by atoms with E-state index in [0.717, 1.165) is 49.2 Å². The molecule has 3 fully saturated rings. The molecule has 8 atom stereocenters. The van der Waals surface area contributed by atoms with Gasteiger partial charge in [0.05, 0.1) is 16.7 Å². The molecule has 2 N–H and O–H groups in total. The van der Waals surface area contributed by atoms with E-state index in [9.17, 15) is 15.2 Å². The van der Waals surface area contributed by atoms with Gasteiger partial charge in [0.2, 0.25) is 5.52 Å². The van der Waals surface area contributed by atoms with Crippen molar-refractivity contribution in [3.63, 3.8) is 0 Å². The molecular weight excluding hydrogens is 456 g/mol. The zero-order valence-electron chi connectivity index (χ0n) is 21.6. The lowest BCUT2D eigenvalue weighted by Gasteiger charge is -2.58. The van der Waals surface area contributed by atoms with Crippen molar-refractivity contribution in [1.82, 2.24) is 10.3 Å². The highest BCUT2D eigenvalue weighted by Crippen LogP contribution is 2.67. The van der Waals surface area contributed by atoms with E-state index in [1.165, 1.54) is 43.7 Å². The average Bonchev–Trinajstić information content (AvgIpc) is 3.47. The summed E-state index contributed by atoms with van der Waals surface area (Å²) in [6.45, 7) is 8.19. The maximum Gasteiger partial charge on any atom is 0.300 e.